The quantitative estimate of drug-likeness (QED) is 0.321. The van der Waals surface area contributed by atoms with Crippen molar-refractivity contribution in [3.63, 3.8) is 0 Å². The summed E-state index contributed by atoms with van der Waals surface area (Å²) in [6.45, 7) is 6.15. The Morgan fingerprint density at radius 3 is 2.41 bits per heavy atom. The molecule has 1 aliphatic rings. The Labute approximate surface area is 245 Å². The second-order valence-electron chi connectivity index (χ2n) is 9.61. The molecule has 0 aliphatic carbocycles. The third kappa shape index (κ3) is 9.62. The number of carbonyl (C=O) groups is 4. The van der Waals surface area contributed by atoms with Crippen molar-refractivity contribution in [3.05, 3.63) is 51.7 Å². The molecule has 3 N–H and O–H groups in total. The highest BCUT2D eigenvalue weighted by molar-refractivity contribution is 7.15. The second-order valence-corrected chi connectivity index (χ2v) is 12.9. The Balaban J connectivity index is 1.79. The van der Waals surface area contributed by atoms with Crippen LogP contribution in [0.5, 0.6) is 0 Å². The Kier molecular flexibility index (Phi) is 10.1. The summed E-state index contributed by atoms with van der Waals surface area (Å²) >= 11 is 17.6. The Bertz CT molecular complexity index is 1290. The minimum Gasteiger partial charge on any atom is -0.444 e. The lowest BCUT2D eigenvalue weighted by Crippen LogP contribution is -2.50. The molecule has 1 atom stereocenters. The smallest absolute Gasteiger partial charge is 0.410 e. The van der Waals surface area contributed by atoms with Gasteiger partial charge in [-0.3, -0.25) is 14.9 Å². The maximum Gasteiger partial charge on any atom is 0.410 e. The third-order valence-electron chi connectivity index (χ3n) is 5.18. The first-order valence-electron chi connectivity index (χ1n) is 11.9. The fraction of sp³-hybridized carbons (Fsp3) is 0.385. The maximum absolute atomic E-state index is 13.3. The summed E-state index contributed by atoms with van der Waals surface area (Å²) in [6.07, 6.45) is 0.876. The number of nitrogens with zero attached hydrogens (tertiary/aromatic N) is 1. The van der Waals surface area contributed by atoms with Gasteiger partial charge in [-0.05, 0) is 51.8 Å². The monoisotopic (exact) mass is 612 g/mol. The summed E-state index contributed by atoms with van der Waals surface area (Å²) in [4.78, 5) is 52.3. The van der Waals surface area contributed by atoms with Crippen molar-refractivity contribution in [1.29, 1.82) is 0 Å². The molecular formula is C26H27Cl3N4O5S. The highest BCUT2D eigenvalue weighted by Gasteiger charge is 2.33. The van der Waals surface area contributed by atoms with Gasteiger partial charge in [-0.15, -0.1) is 11.3 Å². The molecule has 1 aliphatic heterocycles. The number of likely N-dealkylation sites (tertiary alicyclic amines) is 1. The first kappa shape index (κ1) is 30.6. The van der Waals surface area contributed by atoms with Crippen LogP contribution in [0.1, 0.15) is 53.7 Å². The molecule has 0 radical (unpaired) electrons. The number of nitrogens with one attached hydrogen (secondary N) is 3. The number of thiophene rings is 1. The summed E-state index contributed by atoms with van der Waals surface area (Å²) in [7, 11) is 0. The van der Waals surface area contributed by atoms with Crippen molar-refractivity contribution < 1.29 is 23.9 Å². The molecule has 13 heteroatoms. The van der Waals surface area contributed by atoms with Gasteiger partial charge in [0.05, 0.1) is 10.6 Å². The zero-order chi connectivity index (χ0) is 28.8. The van der Waals surface area contributed by atoms with Crippen molar-refractivity contribution in [3.8, 4) is 11.8 Å². The standard InChI is InChI=1S/C26H27Cl3N4O5S/c1-25(2,3)38-24(37)33-13-7-10-17(15-33)30-21(34)20-19(31-23(36)32-22(35)26(27,28)29)14-18(39-20)12-11-16-8-5-4-6-9-16/h4-6,8-9,14,17H,7,10,13,15H2,1-3H3,(H,30,34)(H2,31,32,35,36)/t17-/m0/s1. The minimum absolute atomic E-state index is 0.115. The van der Waals surface area contributed by atoms with Gasteiger partial charge in [0, 0.05) is 24.7 Å². The van der Waals surface area contributed by atoms with Crippen molar-refractivity contribution in [2.45, 2.75) is 49.0 Å². The molecule has 2 aromatic rings. The van der Waals surface area contributed by atoms with Gasteiger partial charge >= 0.3 is 12.1 Å². The summed E-state index contributed by atoms with van der Waals surface area (Å²) in [5.74, 6) is 4.35. The highest BCUT2D eigenvalue weighted by Crippen LogP contribution is 2.29. The number of rotatable bonds is 3. The number of anilines is 1. The normalized spacial score (nSPS) is 15.4. The fourth-order valence-electron chi connectivity index (χ4n) is 3.54. The topological polar surface area (TPSA) is 117 Å². The number of halogens is 3. The molecule has 5 amide bonds. The number of piperidine rings is 1. The van der Waals surface area contributed by atoms with Gasteiger partial charge in [-0.1, -0.05) is 64.8 Å². The maximum atomic E-state index is 13.3. The number of carbonyl (C=O) groups excluding carboxylic acids is 4. The van der Waals surface area contributed by atoms with E-state index in [1.807, 2.05) is 35.6 Å². The SMILES string of the molecule is CC(C)(C)OC(=O)N1CCC[C@H](NC(=O)c2sc(C#Cc3ccccc3)cc2NC(=O)NC(=O)C(Cl)(Cl)Cl)C1. The summed E-state index contributed by atoms with van der Waals surface area (Å²) in [5, 5.41) is 7.29. The molecule has 0 spiro atoms. The number of ether oxygens (including phenoxy) is 1. The molecule has 208 valence electrons. The minimum atomic E-state index is -2.35. The molecule has 3 rings (SSSR count). The van der Waals surface area contributed by atoms with Crippen LogP contribution >= 0.6 is 46.1 Å². The van der Waals surface area contributed by atoms with E-state index in [2.05, 4.69) is 22.5 Å². The number of hydrogen-bond acceptors (Lipinski definition) is 6. The largest absolute Gasteiger partial charge is 0.444 e. The summed E-state index contributed by atoms with van der Waals surface area (Å²) in [5.41, 5.74) is 0.242. The van der Waals surface area contributed by atoms with Gasteiger partial charge in [0.1, 0.15) is 10.5 Å². The van der Waals surface area contributed by atoms with Crippen LogP contribution in [0.25, 0.3) is 0 Å². The van der Waals surface area contributed by atoms with Crippen molar-refractivity contribution in [1.82, 2.24) is 15.5 Å². The second kappa shape index (κ2) is 12.9. The van der Waals surface area contributed by atoms with Gasteiger partial charge in [-0.25, -0.2) is 9.59 Å². The molecular weight excluding hydrogens is 587 g/mol. The predicted octanol–water partition coefficient (Wildman–Crippen LogP) is 5.30. The van der Waals surface area contributed by atoms with E-state index < -0.39 is 33.3 Å². The molecule has 1 aromatic carbocycles. The van der Waals surface area contributed by atoms with E-state index in [9.17, 15) is 19.2 Å². The number of amides is 5. The molecule has 1 fully saturated rings. The summed E-state index contributed by atoms with van der Waals surface area (Å²) < 4.78 is 3.10. The number of benzene rings is 1. The van der Waals surface area contributed by atoms with E-state index in [-0.39, 0.29) is 23.2 Å². The van der Waals surface area contributed by atoms with Gasteiger partial charge in [-0.2, -0.15) is 0 Å². The zero-order valence-electron chi connectivity index (χ0n) is 21.4. The number of alkyl halides is 3. The lowest BCUT2D eigenvalue weighted by molar-refractivity contribution is -0.119. The lowest BCUT2D eigenvalue weighted by Gasteiger charge is -2.34. The molecule has 2 heterocycles. The van der Waals surface area contributed by atoms with Crippen molar-refractivity contribution >= 4 is 75.8 Å². The van der Waals surface area contributed by atoms with Gasteiger partial charge < -0.3 is 20.3 Å². The predicted molar refractivity (Wildman–Crippen MR) is 152 cm³/mol. The molecule has 39 heavy (non-hydrogen) atoms. The number of urea groups is 1. The van der Waals surface area contributed by atoms with E-state index in [0.29, 0.717) is 24.3 Å². The van der Waals surface area contributed by atoms with Crippen LogP contribution in [0.15, 0.2) is 36.4 Å². The fourth-order valence-corrected chi connectivity index (χ4v) is 4.55. The number of imide groups is 1. The van der Waals surface area contributed by atoms with E-state index in [4.69, 9.17) is 39.5 Å². The van der Waals surface area contributed by atoms with Crippen molar-refractivity contribution in [2.24, 2.45) is 0 Å². The molecule has 9 nitrogen and oxygen atoms in total. The number of hydrogen-bond donors (Lipinski definition) is 3. The average molecular weight is 614 g/mol. The zero-order valence-corrected chi connectivity index (χ0v) is 24.5. The first-order chi connectivity index (χ1) is 18.2. The molecule has 0 bridgehead atoms. The van der Waals surface area contributed by atoms with E-state index in [1.54, 1.807) is 25.7 Å². The van der Waals surface area contributed by atoms with Gasteiger partial charge in [0.15, 0.2) is 0 Å². The summed E-state index contributed by atoms with van der Waals surface area (Å²) in [6, 6.07) is 9.42. The third-order valence-corrected chi connectivity index (χ3v) is 6.75. The van der Waals surface area contributed by atoms with Crippen LogP contribution in [0, 0.1) is 11.8 Å². The van der Waals surface area contributed by atoms with Crippen LogP contribution in [-0.2, 0) is 9.53 Å². The Morgan fingerprint density at radius 1 is 1.08 bits per heavy atom. The molecule has 1 aromatic heterocycles. The lowest BCUT2D eigenvalue weighted by atomic mass is 10.1. The highest BCUT2D eigenvalue weighted by atomic mass is 35.6. The first-order valence-corrected chi connectivity index (χ1v) is 13.8. The average Bonchev–Trinajstić information content (AvgIpc) is 3.24. The van der Waals surface area contributed by atoms with Crippen LogP contribution in [0.2, 0.25) is 0 Å². The van der Waals surface area contributed by atoms with Crippen LogP contribution in [0.4, 0.5) is 15.3 Å². The van der Waals surface area contributed by atoms with E-state index in [1.165, 1.54) is 6.07 Å². The Hall–Kier alpha value is -2.97. The molecule has 0 unspecified atom stereocenters. The van der Waals surface area contributed by atoms with Crippen LogP contribution in [-0.4, -0.2) is 57.4 Å². The van der Waals surface area contributed by atoms with Crippen LogP contribution in [0.3, 0.4) is 0 Å². The van der Waals surface area contributed by atoms with E-state index >= 15 is 0 Å². The Morgan fingerprint density at radius 2 is 1.77 bits per heavy atom. The van der Waals surface area contributed by atoms with E-state index in [0.717, 1.165) is 16.9 Å². The van der Waals surface area contributed by atoms with Gasteiger partial charge in [0.2, 0.25) is 0 Å². The molecule has 0 saturated carbocycles. The molecule has 1 saturated heterocycles. The van der Waals surface area contributed by atoms with Gasteiger partial charge in [0.25, 0.3) is 15.6 Å². The van der Waals surface area contributed by atoms with Crippen LogP contribution < -0.4 is 16.0 Å². The van der Waals surface area contributed by atoms with Crippen molar-refractivity contribution in [2.75, 3.05) is 18.4 Å².